The molecule has 0 atom stereocenters. The molecule has 0 bridgehead atoms. The van der Waals surface area contributed by atoms with E-state index in [1.807, 2.05) is 24.3 Å². The minimum atomic E-state index is 0.0603. The van der Waals surface area contributed by atoms with Crippen molar-refractivity contribution in [1.82, 2.24) is 19.7 Å². The van der Waals surface area contributed by atoms with Crippen LogP contribution in [0.2, 0.25) is 0 Å². The molecule has 0 N–H and O–H groups in total. The van der Waals surface area contributed by atoms with Crippen molar-refractivity contribution < 1.29 is 14.3 Å². The van der Waals surface area contributed by atoms with Crippen molar-refractivity contribution in [1.29, 1.82) is 0 Å². The van der Waals surface area contributed by atoms with E-state index in [0.29, 0.717) is 23.0 Å². The van der Waals surface area contributed by atoms with Crippen LogP contribution >= 0.6 is 11.8 Å². The molecule has 0 unspecified atom stereocenters. The van der Waals surface area contributed by atoms with Gasteiger partial charge in [-0.3, -0.25) is 4.79 Å². The number of amides is 1. The number of hydrogen-bond acceptors (Lipinski definition) is 6. The van der Waals surface area contributed by atoms with Gasteiger partial charge in [-0.05, 0) is 43.2 Å². The Labute approximate surface area is 156 Å². The first-order valence-electron chi connectivity index (χ1n) is 8.77. The molecule has 2 aliphatic heterocycles. The number of likely N-dealkylation sites (tertiary alicyclic amines) is 1. The van der Waals surface area contributed by atoms with Gasteiger partial charge in [0.2, 0.25) is 6.79 Å². The quantitative estimate of drug-likeness (QED) is 0.765. The Bertz CT molecular complexity index is 815. The fourth-order valence-electron chi connectivity index (χ4n) is 3.51. The molecule has 8 heteroatoms. The predicted molar refractivity (Wildman–Crippen MR) is 97.7 cm³/mol. The highest BCUT2D eigenvalue weighted by Crippen LogP contribution is 2.33. The molecular formula is C18H22N4O3S. The van der Waals surface area contributed by atoms with Crippen LogP contribution in [0.25, 0.3) is 0 Å². The summed E-state index contributed by atoms with van der Waals surface area (Å²) in [6.45, 7) is 1.76. The summed E-state index contributed by atoms with van der Waals surface area (Å²) < 4.78 is 12.7. The van der Waals surface area contributed by atoms with E-state index in [2.05, 4.69) is 14.8 Å². The van der Waals surface area contributed by atoms with Gasteiger partial charge in [0.25, 0.3) is 5.91 Å². The van der Waals surface area contributed by atoms with Crippen LogP contribution in [-0.4, -0.2) is 51.7 Å². The number of fused-ring (bicyclic) bond motifs is 1. The number of aromatic nitrogens is 3. The van der Waals surface area contributed by atoms with Gasteiger partial charge in [0.15, 0.2) is 16.7 Å². The van der Waals surface area contributed by atoms with Gasteiger partial charge in [-0.15, -0.1) is 10.2 Å². The Balaban J connectivity index is 1.35. The lowest BCUT2D eigenvalue weighted by molar-refractivity contribution is 0.0689. The Kier molecular flexibility index (Phi) is 4.76. The van der Waals surface area contributed by atoms with Gasteiger partial charge >= 0.3 is 0 Å². The normalized spacial score (nSPS) is 16.9. The lowest BCUT2D eigenvalue weighted by Gasteiger charge is -2.32. The maximum absolute atomic E-state index is 12.8. The molecule has 1 amide bonds. The first-order valence-corrected chi connectivity index (χ1v) is 9.99. The zero-order valence-corrected chi connectivity index (χ0v) is 15.8. The lowest BCUT2D eigenvalue weighted by Crippen LogP contribution is -2.39. The maximum Gasteiger partial charge on any atom is 0.253 e. The van der Waals surface area contributed by atoms with E-state index in [0.717, 1.165) is 43.3 Å². The summed E-state index contributed by atoms with van der Waals surface area (Å²) in [7, 11) is 2.01. The Morgan fingerprint density at radius 3 is 2.73 bits per heavy atom. The standard InChI is InChI=1S/C18H22N4O3S/c1-21-16(19-20-18(21)26-2)9-12-5-7-22(8-6-12)17(23)13-3-4-14-15(10-13)25-11-24-14/h3-4,10,12H,5-9,11H2,1-2H3. The molecule has 7 nitrogen and oxygen atoms in total. The van der Waals surface area contributed by atoms with Crippen LogP contribution < -0.4 is 9.47 Å². The van der Waals surface area contributed by atoms with Gasteiger partial charge in [-0.2, -0.15) is 0 Å². The summed E-state index contributed by atoms with van der Waals surface area (Å²) in [4.78, 5) is 14.7. The second kappa shape index (κ2) is 7.19. The zero-order valence-electron chi connectivity index (χ0n) is 15.0. The molecule has 26 heavy (non-hydrogen) atoms. The monoisotopic (exact) mass is 374 g/mol. The van der Waals surface area contributed by atoms with E-state index < -0.39 is 0 Å². The maximum atomic E-state index is 12.8. The zero-order chi connectivity index (χ0) is 18.1. The molecule has 138 valence electrons. The highest BCUT2D eigenvalue weighted by atomic mass is 32.2. The summed E-state index contributed by atoms with van der Waals surface area (Å²) in [5.74, 6) is 2.97. The molecule has 0 spiro atoms. The number of hydrogen-bond donors (Lipinski definition) is 0. The van der Waals surface area contributed by atoms with Crippen molar-refractivity contribution in [3.8, 4) is 11.5 Å². The first kappa shape index (κ1) is 17.2. The van der Waals surface area contributed by atoms with Crippen LogP contribution in [0.4, 0.5) is 0 Å². The van der Waals surface area contributed by atoms with Gasteiger partial charge in [0.1, 0.15) is 5.82 Å². The van der Waals surface area contributed by atoms with E-state index >= 15 is 0 Å². The first-order chi connectivity index (χ1) is 12.7. The molecule has 0 radical (unpaired) electrons. The molecule has 0 aliphatic carbocycles. The molecule has 1 saturated heterocycles. The van der Waals surface area contributed by atoms with Crippen molar-refractivity contribution in [2.24, 2.45) is 13.0 Å². The molecule has 1 aromatic heterocycles. The van der Waals surface area contributed by atoms with Gasteiger partial charge < -0.3 is 18.9 Å². The third-order valence-electron chi connectivity index (χ3n) is 5.10. The number of rotatable bonds is 4. The average molecular weight is 374 g/mol. The van der Waals surface area contributed by atoms with E-state index in [4.69, 9.17) is 9.47 Å². The number of carbonyl (C=O) groups excluding carboxylic acids is 1. The third-order valence-corrected chi connectivity index (χ3v) is 5.82. The summed E-state index contributed by atoms with van der Waals surface area (Å²) in [6, 6.07) is 5.39. The number of piperidine rings is 1. The van der Waals surface area contributed by atoms with E-state index in [-0.39, 0.29) is 12.7 Å². The lowest BCUT2D eigenvalue weighted by atomic mass is 9.93. The minimum Gasteiger partial charge on any atom is -0.454 e. The molecule has 1 aromatic carbocycles. The van der Waals surface area contributed by atoms with Gasteiger partial charge in [-0.25, -0.2) is 0 Å². The number of ether oxygens (including phenoxy) is 2. The second-order valence-corrected chi connectivity index (χ2v) is 7.44. The summed E-state index contributed by atoms with van der Waals surface area (Å²) in [6.07, 6.45) is 4.89. The predicted octanol–water partition coefficient (Wildman–Crippen LogP) is 2.36. The van der Waals surface area contributed by atoms with Gasteiger partial charge in [0, 0.05) is 32.1 Å². The van der Waals surface area contributed by atoms with E-state index in [9.17, 15) is 4.79 Å². The van der Waals surface area contributed by atoms with Crippen molar-refractivity contribution in [3.05, 3.63) is 29.6 Å². The van der Waals surface area contributed by atoms with Crippen LogP contribution in [0.3, 0.4) is 0 Å². The topological polar surface area (TPSA) is 69.5 Å². The summed E-state index contributed by atoms with van der Waals surface area (Å²) in [5.41, 5.74) is 0.658. The highest BCUT2D eigenvalue weighted by Gasteiger charge is 2.26. The SMILES string of the molecule is CSc1nnc(CC2CCN(C(=O)c3ccc4c(c3)OCO4)CC2)n1C. The number of nitrogens with zero attached hydrogens (tertiary/aromatic N) is 4. The van der Waals surface area contributed by atoms with Gasteiger partial charge in [0.05, 0.1) is 0 Å². The Hall–Kier alpha value is -2.22. The van der Waals surface area contributed by atoms with Crippen LogP contribution in [-0.2, 0) is 13.5 Å². The number of carbonyl (C=O) groups is 1. The molecular weight excluding hydrogens is 352 g/mol. The van der Waals surface area contributed by atoms with Crippen molar-refractivity contribution in [3.63, 3.8) is 0 Å². The fourth-order valence-corrected chi connectivity index (χ4v) is 4.01. The van der Waals surface area contributed by atoms with E-state index in [1.165, 1.54) is 0 Å². The van der Waals surface area contributed by atoms with Crippen LogP contribution in [0.5, 0.6) is 11.5 Å². The molecule has 3 heterocycles. The van der Waals surface area contributed by atoms with Crippen molar-refractivity contribution >= 4 is 17.7 Å². The molecule has 2 aromatic rings. The fraction of sp³-hybridized carbons (Fsp3) is 0.500. The van der Waals surface area contributed by atoms with Crippen LogP contribution in [0.1, 0.15) is 29.0 Å². The molecule has 0 saturated carbocycles. The van der Waals surface area contributed by atoms with Gasteiger partial charge in [-0.1, -0.05) is 11.8 Å². The Morgan fingerprint density at radius 2 is 2.00 bits per heavy atom. The number of thioether (sulfide) groups is 1. The van der Waals surface area contributed by atoms with Crippen molar-refractivity contribution in [2.75, 3.05) is 26.1 Å². The largest absolute Gasteiger partial charge is 0.454 e. The Morgan fingerprint density at radius 1 is 1.23 bits per heavy atom. The molecule has 4 rings (SSSR count). The molecule has 1 fully saturated rings. The summed E-state index contributed by atoms with van der Waals surface area (Å²) in [5, 5.41) is 9.44. The number of benzene rings is 1. The summed E-state index contributed by atoms with van der Waals surface area (Å²) >= 11 is 1.61. The van der Waals surface area contributed by atoms with E-state index in [1.54, 1.807) is 23.9 Å². The van der Waals surface area contributed by atoms with Crippen molar-refractivity contribution in [2.45, 2.75) is 24.4 Å². The highest BCUT2D eigenvalue weighted by molar-refractivity contribution is 7.98. The molecule has 2 aliphatic rings. The third kappa shape index (κ3) is 3.25. The van der Waals surface area contributed by atoms with Crippen LogP contribution in [0, 0.1) is 5.92 Å². The van der Waals surface area contributed by atoms with Crippen LogP contribution in [0.15, 0.2) is 23.4 Å². The second-order valence-electron chi connectivity index (χ2n) is 6.67. The average Bonchev–Trinajstić information content (AvgIpc) is 3.28. The minimum absolute atomic E-state index is 0.0603. The smallest absolute Gasteiger partial charge is 0.253 e.